The second kappa shape index (κ2) is 11.2. The fourth-order valence-electron chi connectivity index (χ4n) is 5.31. The number of nitrogens with two attached hydrogens (primary N) is 1. The Morgan fingerprint density at radius 3 is 2.67 bits per heavy atom. The first kappa shape index (κ1) is 27.5. The normalized spacial score (nSPS) is 15.1. The molecule has 0 unspecified atom stereocenters. The molecule has 8 nitrogen and oxygen atoms in total. The Bertz CT molecular complexity index is 1640. The van der Waals surface area contributed by atoms with Crippen LogP contribution in [-0.2, 0) is 27.7 Å². The lowest BCUT2D eigenvalue weighted by Crippen LogP contribution is -2.38. The van der Waals surface area contributed by atoms with Crippen molar-refractivity contribution in [1.82, 2.24) is 18.8 Å². The van der Waals surface area contributed by atoms with Crippen molar-refractivity contribution >= 4 is 55.5 Å². The Labute approximate surface area is 238 Å². The lowest BCUT2D eigenvalue weighted by molar-refractivity contribution is -0.118. The molecule has 5 rings (SSSR count). The molecule has 1 saturated heterocycles. The second-order valence-corrected chi connectivity index (χ2v) is 12.8. The summed E-state index contributed by atoms with van der Waals surface area (Å²) < 4.78 is 27.9. The lowest BCUT2D eigenvalue weighted by atomic mass is 9.99. The number of benzene rings is 2. The van der Waals surface area contributed by atoms with E-state index in [-0.39, 0.29) is 11.8 Å². The van der Waals surface area contributed by atoms with Crippen LogP contribution in [0.5, 0.6) is 0 Å². The number of ketones is 1. The first-order valence-electron chi connectivity index (χ1n) is 12.8. The van der Waals surface area contributed by atoms with E-state index in [9.17, 15) is 13.2 Å². The van der Waals surface area contributed by atoms with Crippen molar-refractivity contribution in [2.75, 3.05) is 19.3 Å². The van der Waals surface area contributed by atoms with Crippen molar-refractivity contribution in [2.45, 2.75) is 38.1 Å². The molecule has 1 fully saturated rings. The number of halogens is 1. The number of imidazole rings is 1. The summed E-state index contributed by atoms with van der Waals surface area (Å²) in [5.41, 5.74) is 11.2. The summed E-state index contributed by atoms with van der Waals surface area (Å²) in [4.78, 5) is 19.9. The molecule has 3 N–H and O–H groups in total. The van der Waals surface area contributed by atoms with Crippen molar-refractivity contribution in [3.8, 4) is 11.1 Å². The van der Waals surface area contributed by atoms with Gasteiger partial charge in [0.05, 0.1) is 23.1 Å². The van der Waals surface area contributed by atoms with Crippen LogP contribution in [0.1, 0.15) is 42.1 Å². The first-order chi connectivity index (χ1) is 18.6. The van der Waals surface area contributed by atoms with E-state index in [1.54, 1.807) is 12.5 Å². The van der Waals surface area contributed by atoms with E-state index >= 15 is 0 Å². The summed E-state index contributed by atoms with van der Waals surface area (Å²) in [6, 6.07) is 11.9. The number of Topliss-reactive ketones (excluding diaryl/α,β-unsaturated/α-hetero) is 1. The van der Waals surface area contributed by atoms with Crippen LogP contribution in [0.15, 0.2) is 55.1 Å². The van der Waals surface area contributed by atoms with Gasteiger partial charge in [0.2, 0.25) is 10.0 Å². The van der Waals surface area contributed by atoms with E-state index in [1.165, 1.54) is 10.6 Å². The Hall–Kier alpha value is -3.05. The number of aromatic amines is 1. The number of hydrogen-bond acceptors (Lipinski definition) is 5. The molecule has 0 bridgehead atoms. The van der Waals surface area contributed by atoms with Crippen molar-refractivity contribution < 1.29 is 13.2 Å². The largest absolute Gasteiger partial charge is 0.389 e. The highest BCUT2D eigenvalue weighted by molar-refractivity contribution is 7.88. The molecule has 0 amide bonds. The minimum Gasteiger partial charge on any atom is -0.389 e. The third kappa shape index (κ3) is 5.94. The molecule has 0 radical (unpaired) electrons. The van der Waals surface area contributed by atoms with Gasteiger partial charge in [-0.25, -0.2) is 17.7 Å². The van der Waals surface area contributed by atoms with Gasteiger partial charge < -0.3 is 15.3 Å². The molecule has 4 aromatic rings. The third-order valence-corrected chi connectivity index (χ3v) is 9.33. The standard InChI is InChI=1S/C28H30ClN5O3S2/c1-39(36,37)33-11-9-22(10-12-33)34-16-25(19-3-2-4-20(13-19)28(30)38)24-8-6-18(26(29)27(24)34)5-7-23(35)14-21-15-31-17-32-21/h2-4,6,8,13,15-17,22H,5,7,9-12,14H2,1H3,(H2,30,38)(H,31,32). The zero-order chi connectivity index (χ0) is 27.7. The summed E-state index contributed by atoms with van der Waals surface area (Å²) in [7, 11) is -3.24. The molecule has 0 saturated carbocycles. The summed E-state index contributed by atoms with van der Waals surface area (Å²) in [6.45, 7) is 0.906. The van der Waals surface area contributed by atoms with Crippen LogP contribution in [0.25, 0.3) is 22.0 Å². The van der Waals surface area contributed by atoms with Crippen molar-refractivity contribution in [3.63, 3.8) is 0 Å². The Kier molecular flexibility index (Phi) is 7.91. The maximum atomic E-state index is 12.6. The number of fused-ring (bicyclic) bond motifs is 1. The van der Waals surface area contributed by atoms with Gasteiger partial charge in [0.15, 0.2) is 0 Å². The van der Waals surface area contributed by atoms with Gasteiger partial charge in [-0.05, 0) is 36.5 Å². The van der Waals surface area contributed by atoms with Gasteiger partial charge in [0, 0.05) is 66.6 Å². The molecular weight excluding hydrogens is 554 g/mol. The fraction of sp³-hybridized carbons (Fsp3) is 0.321. The number of carbonyl (C=O) groups excluding carboxylic acids is 1. The number of hydrogen-bond donors (Lipinski definition) is 2. The molecule has 39 heavy (non-hydrogen) atoms. The average Bonchev–Trinajstić information content (AvgIpc) is 3.56. The minimum atomic E-state index is -3.24. The molecule has 1 aliphatic rings. The molecule has 0 aliphatic carbocycles. The van der Waals surface area contributed by atoms with E-state index in [2.05, 4.69) is 26.8 Å². The van der Waals surface area contributed by atoms with E-state index in [0.717, 1.165) is 38.9 Å². The number of aryl methyl sites for hydroxylation is 1. The minimum absolute atomic E-state index is 0.0766. The molecule has 204 valence electrons. The van der Waals surface area contributed by atoms with Crippen LogP contribution in [0.3, 0.4) is 0 Å². The number of nitrogens with zero attached hydrogens (tertiary/aromatic N) is 3. The number of nitrogens with one attached hydrogen (secondary N) is 1. The molecule has 2 aromatic heterocycles. The molecule has 3 heterocycles. The Morgan fingerprint density at radius 2 is 2.00 bits per heavy atom. The van der Waals surface area contributed by atoms with Crippen molar-refractivity contribution in [2.24, 2.45) is 5.73 Å². The van der Waals surface area contributed by atoms with Crippen LogP contribution in [-0.4, -0.2) is 57.4 Å². The SMILES string of the molecule is CS(=O)(=O)N1CCC(n2cc(-c3cccc(C(N)=S)c3)c3ccc(CCC(=O)Cc4cnc[nH]4)c(Cl)c32)CC1. The topological polar surface area (TPSA) is 114 Å². The van der Waals surface area contributed by atoms with Gasteiger partial charge >= 0.3 is 0 Å². The molecule has 1 aliphatic heterocycles. The van der Waals surface area contributed by atoms with Gasteiger partial charge in [0.1, 0.15) is 10.8 Å². The molecule has 11 heteroatoms. The van der Waals surface area contributed by atoms with Crippen molar-refractivity contribution in [1.29, 1.82) is 0 Å². The number of piperidine rings is 1. The number of H-pyrrole nitrogens is 1. The van der Waals surface area contributed by atoms with E-state index in [4.69, 9.17) is 29.6 Å². The third-order valence-electron chi connectivity index (χ3n) is 7.37. The quantitative estimate of drug-likeness (QED) is 0.277. The fourth-order valence-corrected chi connectivity index (χ4v) is 6.67. The Balaban J connectivity index is 1.51. The second-order valence-electron chi connectivity index (χ2n) is 10.0. The predicted octanol–water partition coefficient (Wildman–Crippen LogP) is 4.66. The number of sulfonamides is 1. The van der Waals surface area contributed by atoms with Gasteiger partial charge in [0.25, 0.3) is 0 Å². The van der Waals surface area contributed by atoms with Gasteiger partial charge in [-0.3, -0.25) is 4.79 Å². The first-order valence-corrected chi connectivity index (χ1v) is 15.4. The number of carbonyl (C=O) groups is 1. The summed E-state index contributed by atoms with van der Waals surface area (Å²) in [6.07, 6.45) is 9.11. The van der Waals surface area contributed by atoms with Gasteiger partial charge in [-0.1, -0.05) is 54.2 Å². The van der Waals surface area contributed by atoms with Gasteiger partial charge in [-0.2, -0.15) is 0 Å². The monoisotopic (exact) mass is 583 g/mol. The number of rotatable bonds is 9. The molecule has 0 atom stereocenters. The summed E-state index contributed by atoms with van der Waals surface area (Å²) in [5.74, 6) is 0.106. The molecule has 2 aromatic carbocycles. The van der Waals surface area contributed by atoms with E-state index in [1.807, 2.05) is 30.3 Å². The van der Waals surface area contributed by atoms with Crippen molar-refractivity contribution in [3.05, 3.63) is 77.0 Å². The zero-order valence-electron chi connectivity index (χ0n) is 21.6. The summed E-state index contributed by atoms with van der Waals surface area (Å²) in [5, 5.41) is 1.60. The zero-order valence-corrected chi connectivity index (χ0v) is 24.0. The molecular formula is C28H30ClN5O3S2. The maximum absolute atomic E-state index is 12.6. The maximum Gasteiger partial charge on any atom is 0.211 e. The highest BCUT2D eigenvalue weighted by Gasteiger charge is 2.28. The lowest BCUT2D eigenvalue weighted by Gasteiger charge is -2.31. The smallest absolute Gasteiger partial charge is 0.211 e. The number of aromatic nitrogens is 3. The highest BCUT2D eigenvalue weighted by atomic mass is 35.5. The number of thiocarbonyl (C=S) groups is 1. The van der Waals surface area contributed by atoms with Crippen LogP contribution >= 0.6 is 23.8 Å². The summed E-state index contributed by atoms with van der Waals surface area (Å²) >= 11 is 12.3. The predicted molar refractivity (Wildman–Crippen MR) is 159 cm³/mol. The molecule has 0 spiro atoms. The van der Waals surface area contributed by atoms with Gasteiger partial charge in [-0.15, -0.1) is 0 Å². The van der Waals surface area contributed by atoms with E-state index in [0.29, 0.717) is 55.2 Å². The van der Waals surface area contributed by atoms with Crippen LogP contribution < -0.4 is 5.73 Å². The van der Waals surface area contributed by atoms with Crippen LogP contribution in [0, 0.1) is 0 Å². The van der Waals surface area contributed by atoms with Crippen LogP contribution in [0.4, 0.5) is 0 Å². The highest BCUT2D eigenvalue weighted by Crippen LogP contribution is 2.40. The van der Waals surface area contributed by atoms with Crippen LogP contribution in [0.2, 0.25) is 5.02 Å². The average molecular weight is 584 g/mol. The Morgan fingerprint density at radius 1 is 1.23 bits per heavy atom. The van der Waals surface area contributed by atoms with E-state index < -0.39 is 10.0 Å².